The number of nitrogens with one attached hydrogen (secondary N) is 1. The van der Waals surface area contributed by atoms with Crippen molar-refractivity contribution in [2.75, 3.05) is 26.3 Å². The highest BCUT2D eigenvalue weighted by molar-refractivity contribution is 4.86. The third-order valence-corrected chi connectivity index (χ3v) is 4.70. The Bertz CT molecular complexity index is 234. The Morgan fingerprint density at radius 2 is 1.84 bits per heavy atom. The maximum atomic E-state index is 5.87. The summed E-state index contributed by atoms with van der Waals surface area (Å²) in [6.07, 6.45) is 5.25. The summed E-state index contributed by atoms with van der Waals surface area (Å²) in [4.78, 5) is 0. The minimum Gasteiger partial charge on any atom is -0.381 e. The van der Waals surface area contributed by atoms with Gasteiger partial charge in [0.1, 0.15) is 0 Å². The van der Waals surface area contributed by atoms with E-state index in [0.29, 0.717) is 5.41 Å². The van der Waals surface area contributed by atoms with Crippen LogP contribution in [0.5, 0.6) is 0 Å². The third kappa shape index (κ3) is 5.83. The molecule has 1 fully saturated rings. The molecule has 3 unspecified atom stereocenters. The van der Waals surface area contributed by atoms with Crippen molar-refractivity contribution in [3.8, 4) is 0 Å². The highest BCUT2D eigenvalue weighted by atomic mass is 16.5. The van der Waals surface area contributed by atoms with Crippen LogP contribution in [0.3, 0.4) is 0 Å². The summed E-state index contributed by atoms with van der Waals surface area (Å²) < 4.78 is 5.87. The van der Waals surface area contributed by atoms with Crippen LogP contribution in [0.2, 0.25) is 0 Å². The van der Waals surface area contributed by atoms with Gasteiger partial charge in [-0.25, -0.2) is 0 Å². The van der Waals surface area contributed by atoms with Gasteiger partial charge in [-0.1, -0.05) is 34.6 Å². The Balaban J connectivity index is 2.52. The van der Waals surface area contributed by atoms with Gasteiger partial charge in [0.25, 0.3) is 0 Å². The van der Waals surface area contributed by atoms with Gasteiger partial charge in [-0.3, -0.25) is 0 Å². The standard InChI is InChI=1S/C17H35NO/c1-6-10-19-13-15-11-16(17(3,4)5)9-8-14(15)12-18-7-2/h14-16,18H,6-13H2,1-5H3. The average molecular weight is 269 g/mol. The molecule has 1 aliphatic carbocycles. The molecule has 2 nitrogen and oxygen atoms in total. The van der Waals surface area contributed by atoms with Gasteiger partial charge in [0, 0.05) is 13.2 Å². The summed E-state index contributed by atoms with van der Waals surface area (Å²) in [5.74, 6) is 2.43. The van der Waals surface area contributed by atoms with Crippen molar-refractivity contribution in [1.82, 2.24) is 5.32 Å². The Kier molecular flexibility index (Phi) is 7.38. The molecule has 0 saturated heterocycles. The molecular formula is C17H35NO. The van der Waals surface area contributed by atoms with Crippen molar-refractivity contribution >= 4 is 0 Å². The molecule has 1 aliphatic rings. The van der Waals surface area contributed by atoms with Gasteiger partial charge in [-0.05, 0) is 61.9 Å². The lowest BCUT2D eigenvalue weighted by Gasteiger charge is -2.42. The molecule has 1 N–H and O–H groups in total. The van der Waals surface area contributed by atoms with Crippen LogP contribution in [-0.4, -0.2) is 26.3 Å². The summed E-state index contributed by atoms with van der Waals surface area (Å²) in [7, 11) is 0. The van der Waals surface area contributed by atoms with Crippen molar-refractivity contribution in [3.05, 3.63) is 0 Å². The van der Waals surface area contributed by atoms with E-state index in [2.05, 4.69) is 39.9 Å². The lowest BCUT2D eigenvalue weighted by atomic mass is 9.65. The van der Waals surface area contributed by atoms with Gasteiger partial charge in [0.05, 0.1) is 0 Å². The molecule has 0 aromatic rings. The highest BCUT2D eigenvalue weighted by Crippen LogP contribution is 2.42. The van der Waals surface area contributed by atoms with E-state index >= 15 is 0 Å². The zero-order valence-electron chi connectivity index (χ0n) is 13.8. The number of rotatable bonds is 7. The van der Waals surface area contributed by atoms with Crippen molar-refractivity contribution in [2.24, 2.45) is 23.2 Å². The van der Waals surface area contributed by atoms with Crippen LogP contribution < -0.4 is 5.32 Å². The maximum Gasteiger partial charge on any atom is 0.0497 e. The van der Waals surface area contributed by atoms with Crippen molar-refractivity contribution in [1.29, 1.82) is 0 Å². The summed E-state index contributed by atoms with van der Waals surface area (Å²) in [6, 6.07) is 0. The minimum atomic E-state index is 0.451. The fourth-order valence-electron chi connectivity index (χ4n) is 3.29. The van der Waals surface area contributed by atoms with Crippen molar-refractivity contribution in [3.63, 3.8) is 0 Å². The van der Waals surface area contributed by atoms with Gasteiger partial charge in [-0.2, -0.15) is 0 Å². The molecule has 114 valence electrons. The Labute approximate surface area is 120 Å². The molecule has 2 heteroatoms. The van der Waals surface area contributed by atoms with E-state index in [1.807, 2.05) is 0 Å². The van der Waals surface area contributed by atoms with Gasteiger partial charge in [0.2, 0.25) is 0 Å². The van der Waals surface area contributed by atoms with Gasteiger partial charge < -0.3 is 10.1 Å². The van der Waals surface area contributed by atoms with Crippen LogP contribution >= 0.6 is 0 Å². The van der Waals surface area contributed by atoms with Crippen LogP contribution in [0.4, 0.5) is 0 Å². The van der Waals surface area contributed by atoms with Crippen LogP contribution in [0.25, 0.3) is 0 Å². The molecule has 19 heavy (non-hydrogen) atoms. The summed E-state index contributed by atoms with van der Waals surface area (Å²) >= 11 is 0. The van der Waals surface area contributed by atoms with E-state index in [4.69, 9.17) is 4.74 Å². The molecule has 0 aromatic heterocycles. The number of ether oxygens (including phenoxy) is 1. The first kappa shape index (κ1) is 17.0. The maximum absolute atomic E-state index is 5.87. The molecule has 1 rings (SSSR count). The monoisotopic (exact) mass is 269 g/mol. The van der Waals surface area contributed by atoms with Crippen LogP contribution in [-0.2, 0) is 4.74 Å². The molecule has 0 aromatic carbocycles. The first-order chi connectivity index (χ1) is 8.99. The van der Waals surface area contributed by atoms with Crippen molar-refractivity contribution in [2.45, 2.75) is 60.3 Å². The van der Waals surface area contributed by atoms with Crippen LogP contribution in [0, 0.1) is 23.2 Å². The van der Waals surface area contributed by atoms with E-state index in [-0.39, 0.29) is 0 Å². The molecule has 0 bridgehead atoms. The summed E-state index contributed by atoms with van der Waals surface area (Å²) in [6.45, 7) is 15.7. The lowest BCUT2D eigenvalue weighted by molar-refractivity contribution is 0.0230. The second kappa shape index (κ2) is 8.26. The second-order valence-corrected chi connectivity index (χ2v) is 7.28. The Hall–Kier alpha value is -0.0800. The highest BCUT2D eigenvalue weighted by Gasteiger charge is 2.35. The molecular weight excluding hydrogens is 234 g/mol. The quantitative estimate of drug-likeness (QED) is 0.703. The van der Waals surface area contributed by atoms with Gasteiger partial charge >= 0.3 is 0 Å². The van der Waals surface area contributed by atoms with E-state index in [0.717, 1.165) is 43.9 Å². The van der Waals surface area contributed by atoms with Crippen LogP contribution in [0.1, 0.15) is 60.3 Å². The minimum absolute atomic E-state index is 0.451. The van der Waals surface area contributed by atoms with E-state index in [1.54, 1.807) is 0 Å². The summed E-state index contributed by atoms with van der Waals surface area (Å²) in [5.41, 5.74) is 0.451. The molecule has 0 aliphatic heterocycles. The fraction of sp³-hybridized carbons (Fsp3) is 1.00. The first-order valence-corrected chi connectivity index (χ1v) is 8.27. The predicted molar refractivity (Wildman–Crippen MR) is 83.4 cm³/mol. The molecule has 3 atom stereocenters. The molecule has 1 saturated carbocycles. The zero-order valence-corrected chi connectivity index (χ0v) is 13.8. The average Bonchev–Trinajstić information content (AvgIpc) is 2.36. The molecule has 0 amide bonds. The van der Waals surface area contributed by atoms with Crippen molar-refractivity contribution < 1.29 is 4.74 Å². The van der Waals surface area contributed by atoms with E-state index < -0.39 is 0 Å². The molecule has 0 heterocycles. The summed E-state index contributed by atoms with van der Waals surface area (Å²) in [5, 5.41) is 3.54. The zero-order chi connectivity index (χ0) is 14.3. The smallest absolute Gasteiger partial charge is 0.0497 e. The number of hydrogen-bond donors (Lipinski definition) is 1. The van der Waals surface area contributed by atoms with Crippen LogP contribution in [0.15, 0.2) is 0 Å². The van der Waals surface area contributed by atoms with E-state index in [1.165, 1.54) is 25.8 Å². The molecule has 0 radical (unpaired) electrons. The second-order valence-electron chi connectivity index (χ2n) is 7.28. The van der Waals surface area contributed by atoms with Gasteiger partial charge in [0.15, 0.2) is 0 Å². The Morgan fingerprint density at radius 3 is 2.42 bits per heavy atom. The molecule has 0 spiro atoms. The van der Waals surface area contributed by atoms with Gasteiger partial charge in [-0.15, -0.1) is 0 Å². The normalized spacial score (nSPS) is 28.6. The number of hydrogen-bond acceptors (Lipinski definition) is 2. The SMILES string of the molecule is CCCOCC1CC(C(C)(C)C)CCC1CNCC. The first-order valence-electron chi connectivity index (χ1n) is 8.27. The fourth-order valence-corrected chi connectivity index (χ4v) is 3.29. The predicted octanol–water partition coefficient (Wildman–Crippen LogP) is 4.10. The largest absolute Gasteiger partial charge is 0.381 e. The Morgan fingerprint density at radius 1 is 1.11 bits per heavy atom. The van der Waals surface area contributed by atoms with E-state index in [9.17, 15) is 0 Å². The third-order valence-electron chi connectivity index (χ3n) is 4.70. The lowest BCUT2D eigenvalue weighted by Crippen LogP contribution is -2.38. The topological polar surface area (TPSA) is 21.3 Å².